The molecule has 92 valence electrons. The van der Waals surface area contributed by atoms with Crippen LogP contribution in [-0.4, -0.2) is 36.9 Å². The summed E-state index contributed by atoms with van der Waals surface area (Å²) < 4.78 is 13.1. The predicted molar refractivity (Wildman–Crippen MR) is 69.8 cm³/mol. The lowest BCUT2D eigenvalue weighted by atomic mass is 10.4. The van der Waals surface area contributed by atoms with Crippen molar-refractivity contribution in [2.45, 2.75) is 13.8 Å². The van der Waals surface area contributed by atoms with Crippen molar-refractivity contribution in [3.63, 3.8) is 0 Å². The van der Waals surface area contributed by atoms with E-state index in [0.29, 0.717) is 18.1 Å². The van der Waals surface area contributed by atoms with Crippen LogP contribution >= 0.6 is 0 Å². The van der Waals surface area contributed by atoms with Gasteiger partial charge in [-0.25, -0.2) is 9.50 Å². The molecule has 0 aliphatic heterocycles. The average Bonchev–Trinajstić information content (AvgIpc) is 2.70. The Hall–Kier alpha value is -1.43. The summed E-state index contributed by atoms with van der Waals surface area (Å²) >= 11 is 0. The second-order valence-corrected chi connectivity index (χ2v) is 5.62. The van der Waals surface area contributed by atoms with Gasteiger partial charge in [0.25, 0.3) is 0 Å². The largest absolute Gasteiger partial charge is 0.367 e. The summed E-state index contributed by atoms with van der Waals surface area (Å²) in [6, 6.07) is 1.98. The zero-order chi connectivity index (χ0) is 12.3. The highest BCUT2D eigenvalue weighted by Gasteiger charge is 2.04. The van der Waals surface area contributed by atoms with E-state index in [1.165, 1.54) is 0 Å². The van der Waals surface area contributed by atoms with Gasteiger partial charge in [0.05, 0.1) is 5.69 Å². The summed E-state index contributed by atoms with van der Waals surface area (Å²) in [5.74, 6) is 2.14. The molecule has 0 amide bonds. The zero-order valence-electron chi connectivity index (χ0n) is 10.0. The van der Waals surface area contributed by atoms with E-state index < -0.39 is 10.8 Å². The Morgan fingerprint density at radius 1 is 1.53 bits per heavy atom. The minimum Gasteiger partial charge on any atom is -0.367 e. The van der Waals surface area contributed by atoms with Crippen molar-refractivity contribution in [2.75, 3.05) is 23.4 Å². The van der Waals surface area contributed by atoms with Crippen molar-refractivity contribution in [3.05, 3.63) is 24.2 Å². The van der Waals surface area contributed by atoms with Gasteiger partial charge in [-0.05, 0) is 13.0 Å². The Morgan fingerprint density at radius 3 is 3.12 bits per heavy atom. The van der Waals surface area contributed by atoms with E-state index in [2.05, 4.69) is 15.4 Å². The van der Waals surface area contributed by atoms with Gasteiger partial charge in [0.1, 0.15) is 5.52 Å². The van der Waals surface area contributed by atoms with Crippen LogP contribution in [0.2, 0.25) is 0 Å². The molecule has 1 atom stereocenters. The smallest absolute Gasteiger partial charge is 0.152 e. The van der Waals surface area contributed by atoms with Crippen molar-refractivity contribution in [3.8, 4) is 0 Å². The molecule has 2 aromatic rings. The standard InChI is InChI=1S/C11H16N4OS/c1-3-17(16)7-5-13-11-10-8-9(2)14-15(10)6-4-12-11/h4,6,8H,3,5,7H2,1-2H3,(H,12,13). The number of fused-ring (bicyclic) bond motifs is 1. The third kappa shape index (κ3) is 2.82. The van der Waals surface area contributed by atoms with Crippen LogP contribution in [-0.2, 0) is 10.8 Å². The normalized spacial score (nSPS) is 12.8. The average molecular weight is 252 g/mol. The van der Waals surface area contributed by atoms with Crippen molar-refractivity contribution in [1.82, 2.24) is 14.6 Å². The molecule has 1 N–H and O–H groups in total. The summed E-state index contributed by atoms with van der Waals surface area (Å²) in [7, 11) is -0.742. The minimum atomic E-state index is -0.742. The van der Waals surface area contributed by atoms with Gasteiger partial charge >= 0.3 is 0 Å². The SMILES string of the molecule is CCS(=O)CCNc1nccn2nc(C)cc12. The molecule has 17 heavy (non-hydrogen) atoms. The first-order valence-electron chi connectivity index (χ1n) is 5.60. The van der Waals surface area contributed by atoms with Crippen LogP contribution in [0.15, 0.2) is 18.5 Å². The number of aromatic nitrogens is 3. The number of nitrogens with one attached hydrogen (secondary N) is 1. The van der Waals surface area contributed by atoms with Gasteiger partial charge in [-0.3, -0.25) is 4.21 Å². The van der Waals surface area contributed by atoms with Crippen LogP contribution in [0.25, 0.3) is 5.52 Å². The zero-order valence-corrected chi connectivity index (χ0v) is 10.8. The summed E-state index contributed by atoms with van der Waals surface area (Å²) in [5, 5.41) is 7.51. The van der Waals surface area contributed by atoms with Crippen LogP contribution < -0.4 is 5.32 Å². The summed E-state index contributed by atoms with van der Waals surface area (Å²) in [5.41, 5.74) is 1.91. The maximum Gasteiger partial charge on any atom is 0.152 e. The molecule has 6 heteroatoms. The second kappa shape index (κ2) is 5.27. The van der Waals surface area contributed by atoms with E-state index in [9.17, 15) is 4.21 Å². The van der Waals surface area contributed by atoms with E-state index in [1.807, 2.05) is 26.1 Å². The van der Waals surface area contributed by atoms with E-state index in [4.69, 9.17) is 0 Å². The molecule has 1 unspecified atom stereocenters. The fraction of sp³-hybridized carbons (Fsp3) is 0.455. The van der Waals surface area contributed by atoms with Gasteiger partial charge in [-0.2, -0.15) is 5.10 Å². The first-order valence-corrected chi connectivity index (χ1v) is 7.09. The Kier molecular flexibility index (Phi) is 3.73. The third-order valence-electron chi connectivity index (χ3n) is 2.46. The van der Waals surface area contributed by atoms with Gasteiger partial charge in [0.2, 0.25) is 0 Å². The fourth-order valence-electron chi connectivity index (χ4n) is 1.61. The number of anilines is 1. The van der Waals surface area contributed by atoms with Crippen molar-refractivity contribution >= 4 is 22.1 Å². The third-order valence-corrected chi connectivity index (χ3v) is 3.76. The maximum atomic E-state index is 11.3. The molecule has 0 aliphatic rings. The number of nitrogens with zero attached hydrogens (tertiary/aromatic N) is 3. The highest BCUT2D eigenvalue weighted by Crippen LogP contribution is 2.13. The van der Waals surface area contributed by atoms with E-state index in [0.717, 1.165) is 17.0 Å². The summed E-state index contributed by atoms with van der Waals surface area (Å²) in [6.07, 6.45) is 3.52. The molecule has 0 bridgehead atoms. The molecule has 0 radical (unpaired) electrons. The lowest BCUT2D eigenvalue weighted by Gasteiger charge is -2.05. The van der Waals surface area contributed by atoms with Gasteiger partial charge in [-0.1, -0.05) is 6.92 Å². The molecule has 2 rings (SSSR count). The van der Waals surface area contributed by atoms with Crippen molar-refractivity contribution in [2.24, 2.45) is 0 Å². The lowest BCUT2D eigenvalue weighted by Crippen LogP contribution is -2.13. The Balaban J connectivity index is 2.10. The minimum absolute atomic E-state index is 0.645. The molecule has 2 aromatic heterocycles. The highest BCUT2D eigenvalue weighted by molar-refractivity contribution is 7.84. The number of hydrogen-bond acceptors (Lipinski definition) is 4. The topological polar surface area (TPSA) is 59.3 Å². The maximum absolute atomic E-state index is 11.3. The predicted octanol–water partition coefficient (Wildman–Crippen LogP) is 1.22. The molecule has 0 aliphatic carbocycles. The molecule has 0 aromatic carbocycles. The van der Waals surface area contributed by atoms with Gasteiger partial charge in [-0.15, -0.1) is 0 Å². The first-order chi connectivity index (χ1) is 8.20. The van der Waals surface area contributed by atoms with Crippen molar-refractivity contribution in [1.29, 1.82) is 0 Å². The monoisotopic (exact) mass is 252 g/mol. The van der Waals surface area contributed by atoms with Gasteiger partial charge < -0.3 is 5.32 Å². The van der Waals surface area contributed by atoms with E-state index >= 15 is 0 Å². The number of hydrogen-bond donors (Lipinski definition) is 1. The Bertz CT molecular complexity index is 537. The van der Waals surface area contributed by atoms with E-state index in [-0.39, 0.29) is 0 Å². The molecule has 0 saturated heterocycles. The van der Waals surface area contributed by atoms with Crippen LogP contribution in [0, 0.1) is 6.92 Å². The number of aryl methyl sites for hydroxylation is 1. The van der Waals surface area contributed by atoms with Crippen LogP contribution in [0.3, 0.4) is 0 Å². The van der Waals surface area contributed by atoms with Crippen LogP contribution in [0.4, 0.5) is 5.82 Å². The van der Waals surface area contributed by atoms with Gasteiger partial charge in [0.15, 0.2) is 5.82 Å². The molecule has 2 heterocycles. The molecular weight excluding hydrogens is 236 g/mol. The molecular formula is C11H16N4OS. The summed E-state index contributed by atoms with van der Waals surface area (Å²) in [4.78, 5) is 4.27. The van der Waals surface area contributed by atoms with Crippen LogP contribution in [0.1, 0.15) is 12.6 Å². The summed E-state index contributed by atoms with van der Waals surface area (Å²) in [6.45, 7) is 4.54. The first kappa shape index (κ1) is 12.0. The Morgan fingerprint density at radius 2 is 2.35 bits per heavy atom. The second-order valence-electron chi connectivity index (χ2n) is 3.75. The van der Waals surface area contributed by atoms with Gasteiger partial charge in [0, 0.05) is 41.2 Å². The quantitative estimate of drug-likeness (QED) is 0.869. The molecule has 0 fully saturated rings. The molecule has 0 spiro atoms. The van der Waals surface area contributed by atoms with Crippen molar-refractivity contribution < 1.29 is 4.21 Å². The molecule has 0 saturated carbocycles. The number of rotatable bonds is 5. The van der Waals surface area contributed by atoms with E-state index in [1.54, 1.807) is 10.7 Å². The highest BCUT2D eigenvalue weighted by atomic mass is 32.2. The fourth-order valence-corrected chi connectivity index (χ4v) is 2.23. The Labute approximate surface area is 103 Å². The van der Waals surface area contributed by atoms with Crippen LogP contribution in [0.5, 0.6) is 0 Å². The lowest BCUT2D eigenvalue weighted by molar-refractivity contribution is 0.684. The molecule has 5 nitrogen and oxygen atoms in total.